The van der Waals surface area contributed by atoms with Gasteiger partial charge in [-0.1, -0.05) is 48.5 Å². The second kappa shape index (κ2) is 9.00. The van der Waals surface area contributed by atoms with Crippen molar-refractivity contribution in [1.29, 1.82) is 0 Å². The molecule has 0 spiro atoms. The first-order chi connectivity index (χ1) is 13.1. The smallest absolute Gasteiger partial charge is 0.316 e. The molecule has 2 amide bonds. The lowest BCUT2D eigenvalue weighted by Gasteiger charge is -2.06. The van der Waals surface area contributed by atoms with E-state index in [0.717, 1.165) is 15.7 Å². The molecule has 3 aromatic carbocycles. The van der Waals surface area contributed by atoms with Crippen LogP contribution in [-0.4, -0.2) is 30.1 Å². The molecule has 0 aliphatic heterocycles. The number of esters is 1. The summed E-state index contributed by atoms with van der Waals surface area (Å²) in [5.74, 6) is -1.62. The van der Waals surface area contributed by atoms with Gasteiger partial charge in [-0.25, -0.2) is 0 Å². The molecule has 0 atom stereocenters. The van der Waals surface area contributed by atoms with Gasteiger partial charge in [0.15, 0.2) is 6.61 Å². The predicted octanol–water partition coefficient (Wildman–Crippen LogP) is 3.43. The molecule has 0 aromatic heterocycles. The Balaban J connectivity index is 1.43. The van der Waals surface area contributed by atoms with Crippen LogP contribution in [-0.2, 0) is 14.3 Å². The summed E-state index contributed by atoms with van der Waals surface area (Å²) in [6, 6.07) is 22.2. The number of thioether (sulfide) groups is 1. The van der Waals surface area contributed by atoms with E-state index in [2.05, 4.69) is 5.32 Å². The Bertz CT molecular complexity index is 972. The first-order valence-corrected chi connectivity index (χ1v) is 9.27. The number of carbonyl (C=O) groups excluding carboxylic acids is 3. The molecule has 0 radical (unpaired) electrons. The molecule has 0 unspecified atom stereocenters. The fourth-order valence-corrected chi connectivity index (χ4v) is 3.15. The predicted molar refractivity (Wildman–Crippen MR) is 105 cm³/mol. The fraction of sp³-hybridized carbons (Fsp3) is 0.0952. The number of hydrogen-bond donors (Lipinski definition) is 1. The molecule has 0 saturated heterocycles. The molecule has 0 aliphatic rings. The van der Waals surface area contributed by atoms with E-state index in [1.165, 1.54) is 11.8 Å². The third-order valence-electron chi connectivity index (χ3n) is 3.73. The average Bonchev–Trinajstić information content (AvgIpc) is 2.71. The van der Waals surface area contributed by atoms with Crippen molar-refractivity contribution >= 4 is 40.3 Å². The summed E-state index contributed by atoms with van der Waals surface area (Å²) < 4.78 is 4.93. The maximum Gasteiger partial charge on any atom is 0.316 e. The van der Waals surface area contributed by atoms with Gasteiger partial charge in [0.05, 0.1) is 5.75 Å². The highest BCUT2D eigenvalue weighted by Crippen LogP contribution is 2.23. The zero-order valence-corrected chi connectivity index (χ0v) is 15.2. The molecular weight excluding hydrogens is 362 g/mol. The largest absolute Gasteiger partial charge is 0.455 e. The molecule has 3 aromatic rings. The minimum absolute atomic E-state index is 0.0816. The lowest BCUT2D eigenvalue weighted by atomic mass is 10.1. The number of benzene rings is 3. The number of fused-ring (bicyclic) bond motifs is 1. The van der Waals surface area contributed by atoms with Crippen molar-refractivity contribution in [1.82, 2.24) is 5.32 Å². The van der Waals surface area contributed by atoms with Crippen molar-refractivity contribution in [2.24, 2.45) is 0 Å². The molecule has 0 aliphatic carbocycles. The van der Waals surface area contributed by atoms with E-state index in [9.17, 15) is 14.4 Å². The van der Waals surface area contributed by atoms with Crippen LogP contribution in [0.15, 0.2) is 77.7 Å². The lowest BCUT2D eigenvalue weighted by Crippen LogP contribution is -2.34. The van der Waals surface area contributed by atoms with Gasteiger partial charge in [0.1, 0.15) is 0 Å². The van der Waals surface area contributed by atoms with Gasteiger partial charge in [0.2, 0.25) is 0 Å². The highest BCUT2D eigenvalue weighted by Gasteiger charge is 2.12. The molecule has 27 heavy (non-hydrogen) atoms. The van der Waals surface area contributed by atoms with Crippen LogP contribution in [0.3, 0.4) is 0 Å². The van der Waals surface area contributed by atoms with Gasteiger partial charge < -0.3 is 4.74 Å². The number of rotatable bonds is 6. The van der Waals surface area contributed by atoms with Crippen LogP contribution in [0.5, 0.6) is 0 Å². The Morgan fingerprint density at radius 2 is 1.56 bits per heavy atom. The van der Waals surface area contributed by atoms with Crippen molar-refractivity contribution < 1.29 is 19.1 Å². The van der Waals surface area contributed by atoms with E-state index in [1.54, 1.807) is 30.3 Å². The molecule has 5 nitrogen and oxygen atoms in total. The Hall–Kier alpha value is -3.12. The van der Waals surface area contributed by atoms with Gasteiger partial charge in [0.25, 0.3) is 11.8 Å². The summed E-state index contributed by atoms with van der Waals surface area (Å²) in [6.45, 7) is -0.490. The van der Waals surface area contributed by atoms with Crippen LogP contribution in [0, 0.1) is 0 Å². The monoisotopic (exact) mass is 379 g/mol. The van der Waals surface area contributed by atoms with Gasteiger partial charge in [-0.15, -0.1) is 11.8 Å². The van der Waals surface area contributed by atoms with Crippen LogP contribution in [0.1, 0.15) is 10.4 Å². The Morgan fingerprint density at radius 3 is 2.33 bits per heavy atom. The third kappa shape index (κ3) is 5.43. The summed E-state index contributed by atoms with van der Waals surface area (Å²) in [6.07, 6.45) is 0. The van der Waals surface area contributed by atoms with E-state index in [1.807, 2.05) is 42.5 Å². The summed E-state index contributed by atoms with van der Waals surface area (Å²) in [5, 5.41) is 4.40. The van der Waals surface area contributed by atoms with Crippen LogP contribution in [0.25, 0.3) is 10.8 Å². The van der Waals surface area contributed by atoms with E-state index in [-0.39, 0.29) is 5.75 Å². The number of hydrogen-bond acceptors (Lipinski definition) is 5. The van der Waals surface area contributed by atoms with E-state index in [0.29, 0.717) is 5.56 Å². The zero-order valence-electron chi connectivity index (χ0n) is 14.4. The van der Waals surface area contributed by atoms with Crippen molar-refractivity contribution in [3.05, 3.63) is 78.4 Å². The van der Waals surface area contributed by atoms with Gasteiger partial charge in [-0.3, -0.25) is 19.7 Å². The van der Waals surface area contributed by atoms with Gasteiger partial charge in [-0.05, 0) is 35.0 Å². The standard InChI is InChI=1S/C21H17NO4S/c23-19(22-21(25)16-7-2-1-3-8-16)13-26-20(24)14-27-18-11-10-15-6-4-5-9-17(15)12-18/h1-12H,13-14H2,(H,22,23,25). The minimum atomic E-state index is -0.659. The number of amides is 2. The molecule has 0 heterocycles. The number of nitrogens with one attached hydrogen (secondary N) is 1. The normalized spacial score (nSPS) is 10.4. The second-order valence-corrected chi connectivity index (χ2v) is 6.75. The van der Waals surface area contributed by atoms with Gasteiger partial charge in [-0.2, -0.15) is 0 Å². The maximum atomic E-state index is 11.8. The number of carbonyl (C=O) groups is 3. The Morgan fingerprint density at radius 1 is 0.852 bits per heavy atom. The van der Waals surface area contributed by atoms with Crippen molar-refractivity contribution in [3.8, 4) is 0 Å². The highest BCUT2D eigenvalue weighted by atomic mass is 32.2. The number of ether oxygens (including phenoxy) is 1. The lowest BCUT2D eigenvalue weighted by molar-refractivity contribution is -0.145. The molecule has 3 rings (SSSR count). The van der Waals surface area contributed by atoms with Crippen molar-refractivity contribution in [2.45, 2.75) is 4.90 Å². The molecular formula is C21H17NO4S. The third-order valence-corrected chi connectivity index (χ3v) is 4.70. The summed E-state index contributed by atoms with van der Waals surface area (Å²) in [7, 11) is 0. The fourth-order valence-electron chi connectivity index (χ4n) is 2.41. The number of imide groups is 1. The first-order valence-electron chi connectivity index (χ1n) is 8.28. The zero-order chi connectivity index (χ0) is 19.1. The Labute approximate surface area is 160 Å². The van der Waals surface area contributed by atoms with E-state index in [4.69, 9.17) is 4.74 Å². The summed E-state index contributed by atoms with van der Waals surface area (Å²) in [5.41, 5.74) is 0.365. The van der Waals surface area contributed by atoms with Gasteiger partial charge in [0, 0.05) is 10.5 Å². The highest BCUT2D eigenvalue weighted by molar-refractivity contribution is 8.00. The van der Waals surface area contributed by atoms with Gasteiger partial charge >= 0.3 is 5.97 Å². The molecule has 136 valence electrons. The molecule has 0 fully saturated rings. The van der Waals surface area contributed by atoms with Crippen LogP contribution < -0.4 is 5.32 Å². The summed E-state index contributed by atoms with van der Waals surface area (Å²) in [4.78, 5) is 36.3. The van der Waals surface area contributed by atoms with Crippen molar-refractivity contribution in [2.75, 3.05) is 12.4 Å². The van der Waals surface area contributed by atoms with E-state index < -0.39 is 24.4 Å². The minimum Gasteiger partial charge on any atom is -0.455 e. The SMILES string of the molecule is O=C(COC(=O)CSc1ccc2ccccc2c1)NC(=O)c1ccccc1. The Kier molecular flexibility index (Phi) is 6.22. The second-order valence-electron chi connectivity index (χ2n) is 5.70. The van der Waals surface area contributed by atoms with Crippen LogP contribution >= 0.6 is 11.8 Å². The topological polar surface area (TPSA) is 72.5 Å². The molecule has 0 bridgehead atoms. The molecule has 6 heteroatoms. The van der Waals surface area contributed by atoms with Crippen molar-refractivity contribution in [3.63, 3.8) is 0 Å². The first kappa shape index (κ1) is 18.7. The molecule has 1 N–H and O–H groups in total. The maximum absolute atomic E-state index is 11.8. The average molecular weight is 379 g/mol. The van der Waals surface area contributed by atoms with Crippen LogP contribution in [0.4, 0.5) is 0 Å². The summed E-state index contributed by atoms with van der Waals surface area (Å²) >= 11 is 1.33. The quantitative estimate of drug-likeness (QED) is 0.525. The van der Waals surface area contributed by atoms with E-state index >= 15 is 0 Å². The van der Waals surface area contributed by atoms with Crippen LogP contribution in [0.2, 0.25) is 0 Å². The molecule has 0 saturated carbocycles.